The topological polar surface area (TPSA) is 0 Å². The number of allylic oxidation sites excluding steroid dienone is 4. The van der Waals surface area contributed by atoms with Crippen LogP contribution >= 0.6 is 0 Å². The first-order chi connectivity index (χ1) is 14.9. The van der Waals surface area contributed by atoms with E-state index in [9.17, 15) is 0 Å². The summed E-state index contributed by atoms with van der Waals surface area (Å²) in [6, 6.07) is 43.1. The fourth-order valence-corrected chi connectivity index (χ4v) is 4.61. The second kappa shape index (κ2) is 13.7. The van der Waals surface area contributed by atoms with Crippen LogP contribution in [0, 0.1) is 6.08 Å². The third-order valence-corrected chi connectivity index (χ3v) is 5.95. The number of hydrogen-bond acceptors (Lipinski definition) is 0. The molecule has 0 unspecified atom stereocenters. The van der Waals surface area contributed by atoms with E-state index in [4.69, 9.17) is 0 Å². The minimum absolute atomic E-state index is 0. The van der Waals surface area contributed by atoms with Crippen molar-refractivity contribution in [2.75, 3.05) is 0 Å². The van der Waals surface area contributed by atoms with Crippen LogP contribution in [0.3, 0.4) is 0 Å². The van der Waals surface area contributed by atoms with Crippen molar-refractivity contribution in [2.45, 2.75) is 11.8 Å². The monoisotopic (exact) mass is 536 g/mol. The molecule has 34 heavy (non-hydrogen) atoms. The Kier molecular flexibility index (Phi) is 12.1. The van der Waals surface area contributed by atoms with Crippen molar-refractivity contribution in [1.82, 2.24) is 0 Å². The Labute approximate surface area is 236 Å². The van der Waals surface area contributed by atoms with Crippen LogP contribution in [-0.4, -0.2) is 0 Å². The molecule has 4 aromatic carbocycles. The zero-order valence-corrected chi connectivity index (χ0v) is 22.3. The first-order valence-electron chi connectivity index (χ1n) is 10.4. The number of hydrogen-bond donors (Lipinski definition) is 0. The van der Waals surface area contributed by atoms with Gasteiger partial charge in [0.2, 0.25) is 0 Å². The van der Waals surface area contributed by atoms with E-state index in [2.05, 4.69) is 133 Å². The molecular weight excluding hydrogens is 515 g/mol. The van der Waals surface area contributed by atoms with Crippen molar-refractivity contribution in [1.29, 1.82) is 0 Å². The minimum atomic E-state index is -0.378. The molecule has 0 aliphatic heterocycles. The van der Waals surface area contributed by atoms with Gasteiger partial charge in [-0.1, -0.05) is 116 Å². The summed E-state index contributed by atoms with van der Waals surface area (Å²) in [4.78, 5) is 0. The molecule has 1 aliphatic rings. The van der Waals surface area contributed by atoms with Crippen LogP contribution < -0.4 is 37.2 Å². The Balaban J connectivity index is 0.00000144. The maximum absolute atomic E-state index is 3.82. The van der Waals surface area contributed by atoms with Gasteiger partial charge < -0.3 is 37.2 Å². The van der Waals surface area contributed by atoms with Crippen LogP contribution in [0.1, 0.15) is 28.7 Å². The number of rotatable bonds is 5. The Morgan fingerprint density at radius 2 is 0.853 bits per heavy atom. The van der Waals surface area contributed by atoms with Gasteiger partial charge in [0.15, 0.2) is 0 Å². The quantitative estimate of drug-likeness (QED) is 0.161. The first kappa shape index (κ1) is 30.0. The number of benzene rings is 4. The predicted octanol–water partition coefficient (Wildman–Crippen LogP) is -1.75. The minimum Gasteiger partial charge on any atom is -1.00 e. The summed E-state index contributed by atoms with van der Waals surface area (Å²) in [6.07, 6.45) is 7.01. The Hall–Kier alpha value is -2.06. The molecule has 0 nitrogen and oxygen atoms in total. The molecule has 0 bridgehead atoms. The van der Waals surface area contributed by atoms with Gasteiger partial charge in [-0.3, -0.25) is 0 Å². The molecule has 168 valence electrons. The van der Waals surface area contributed by atoms with E-state index >= 15 is 0 Å². The van der Waals surface area contributed by atoms with Crippen molar-refractivity contribution < 1.29 is 58.9 Å². The molecule has 0 amide bonds. The fourth-order valence-electron chi connectivity index (χ4n) is 4.61. The molecule has 0 N–H and O–H groups in total. The van der Waals surface area contributed by atoms with Crippen LogP contribution in [0.2, 0.25) is 0 Å². The average molecular weight is 538 g/mol. The van der Waals surface area contributed by atoms with Crippen molar-refractivity contribution in [3.05, 3.63) is 161 Å². The van der Waals surface area contributed by atoms with Crippen LogP contribution in [0.4, 0.5) is 0 Å². The SMILES string of the molecule is [C-]1=C(C(c2ccccc2)(c2ccccc2)c2ccccc2)CC=C1c1ccccc1.[Cl-].[Cl-].[Cl-].[Ti+4]. The molecule has 0 saturated carbocycles. The molecule has 0 atom stereocenters. The van der Waals surface area contributed by atoms with Gasteiger partial charge in [0, 0.05) is 0 Å². The summed E-state index contributed by atoms with van der Waals surface area (Å²) >= 11 is 0. The van der Waals surface area contributed by atoms with Crippen LogP contribution in [-0.2, 0) is 27.1 Å². The van der Waals surface area contributed by atoms with E-state index in [1.54, 1.807) is 0 Å². The first-order valence-corrected chi connectivity index (χ1v) is 10.4. The molecule has 0 heterocycles. The largest absolute Gasteiger partial charge is 4.00 e. The Morgan fingerprint density at radius 1 is 0.500 bits per heavy atom. The van der Waals surface area contributed by atoms with Gasteiger partial charge >= 0.3 is 21.7 Å². The summed E-state index contributed by atoms with van der Waals surface area (Å²) in [5.74, 6) is 0. The molecule has 0 fully saturated rings. The summed E-state index contributed by atoms with van der Waals surface area (Å²) in [5, 5.41) is 0. The molecule has 0 saturated heterocycles. The molecule has 0 radical (unpaired) electrons. The van der Waals surface area contributed by atoms with Crippen molar-refractivity contribution in [2.24, 2.45) is 0 Å². The molecule has 4 aromatic rings. The summed E-state index contributed by atoms with van der Waals surface area (Å²) in [6.45, 7) is 0. The van der Waals surface area contributed by atoms with Gasteiger partial charge in [0.1, 0.15) is 0 Å². The smallest absolute Gasteiger partial charge is 1.00 e. The van der Waals surface area contributed by atoms with E-state index in [0.29, 0.717) is 0 Å². The standard InChI is InChI=1S/C30H23.3ClH.Ti/c1-5-13-24(14-6-1)25-21-22-29(23-25)30(26-15-7-2-8-16-26,27-17-9-3-10-18-27)28-19-11-4-12-20-28;;;;/h1-21H,22H2;3*1H;/q-1;;;;+4/p-3. The van der Waals surface area contributed by atoms with Crippen molar-refractivity contribution in [3.8, 4) is 0 Å². The third-order valence-electron chi connectivity index (χ3n) is 5.95. The summed E-state index contributed by atoms with van der Waals surface area (Å²) < 4.78 is 0. The molecule has 0 aromatic heterocycles. The summed E-state index contributed by atoms with van der Waals surface area (Å²) in [5.41, 5.74) is 7.11. The van der Waals surface area contributed by atoms with Gasteiger partial charge in [-0.15, -0.1) is 23.3 Å². The van der Waals surface area contributed by atoms with Gasteiger partial charge in [-0.25, -0.2) is 0 Å². The molecular formula is C30H23Cl3Ti. The van der Waals surface area contributed by atoms with E-state index in [1.165, 1.54) is 33.4 Å². The van der Waals surface area contributed by atoms with Gasteiger partial charge in [-0.05, 0) is 16.7 Å². The van der Waals surface area contributed by atoms with Crippen LogP contribution in [0.25, 0.3) is 5.57 Å². The molecule has 1 aliphatic carbocycles. The van der Waals surface area contributed by atoms with E-state index in [0.717, 1.165) is 6.42 Å². The Bertz CT molecular complexity index is 1090. The third kappa shape index (κ3) is 5.60. The fraction of sp³-hybridized carbons (Fsp3) is 0.0667. The maximum Gasteiger partial charge on any atom is 4.00 e. The van der Waals surface area contributed by atoms with Gasteiger partial charge in [0.05, 0.1) is 5.41 Å². The van der Waals surface area contributed by atoms with E-state index < -0.39 is 0 Å². The normalized spacial score (nSPS) is 12.0. The zero-order chi connectivity index (χ0) is 20.2. The molecule has 4 heteroatoms. The molecule has 5 rings (SSSR count). The van der Waals surface area contributed by atoms with Gasteiger partial charge in [0.25, 0.3) is 0 Å². The second-order valence-corrected chi connectivity index (χ2v) is 7.64. The number of halogens is 3. The van der Waals surface area contributed by atoms with Crippen LogP contribution in [0.15, 0.2) is 133 Å². The van der Waals surface area contributed by atoms with Gasteiger partial charge in [-0.2, -0.15) is 17.7 Å². The van der Waals surface area contributed by atoms with Crippen molar-refractivity contribution >= 4 is 5.57 Å². The predicted molar refractivity (Wildman–Crippen MR) is 125 cm³/mol. The van der Waals surface area contributed by atoms with E-state index in [-0.39, 0.29) is 64.4 Å². The Morgan fingerprint density at radius 3 is 1.24 bits per heavy atom. The van der Waals surface area contributed by atoms with Crippen molar-refractivity contribution in [3.63, 3.8) is 0 Å². The zero-order valence-electron chi connectivity index (χ0n) is 18.5. The van der Waals surface area contributed by atoms with Crippen LogP contribution in [0.5, 0.6) is 0 Å². The maximum atomic E-state index is 3.82. The second-order valence-electron chi connectivity index (χ2n) is 7.64. The van der Waals surface area contributed by atoms with E-state index in [1.807, 2.05) is 0 Å². The average Bonchev–Trinajstić information content (AvgIpc) is 3.33. The molecule has 0 spiro atoms. The summed E-state index contributed by atoms with van der Waals surface area (Å²) in [7, 11) is 0.